The standard InChI is InChI=1S/C30H32N4O2S/c1-20-7-11-25(12-8-20)36-26-13-14-27-28(17-26)37-30(32-27)33-29(35)31-18-22-15-23-9-10-24(16-22)34(23)19-21-5-3-2-4-6-21/h2-8,11-14,17,22-24H,9-10,15-16,18-19H2,1H3,(H2,31,32,33,35). The highest BCUT2D eigenvalue weighted by Crippen LogP contribution is 2.39. The molecule has 3 heterocycles. The number of aryl methyl sites for hydroxylation is 1. The van der Waals surface area contributed by atoms with Crippen molar-refractivity contribution in [3.63, 3.8) is 0 Å². The molecule has 2 saturated heterocycles. The van der Waals surface area contributed by atoms with Crippen LogP contribution in [0.15, 0.2) is 72.8 Å². The molecule has 2 N–H and O–H groups in total. The minimum Gasteiger partial charge on any atom is -0.457 e. The Hall–Kier alpha value is -3.42. The van der Waals surface area contributed by atoms with Gasteiger partial charge >= 0.3 is 6.03 Å². The fraction of sp³-hybridized carbons (Fsp3) is 0.333. The number of aromatic nitrogens is 1. The summed E-state index contributed by atoms with van der Waals surface area (Å²) in [5.74, 6) is 2.07. The van der Waals surface area contributed by atoms with E-state index in [9.17, 15) is 4.79 Å². The van der Waals surface area contributed by atoms with Crippen LogP contribution in [0.25, 0.3) is 10.2 Å². The summed E-state index contributed by atoms with van der Waals surface area (Å²) in [6.07, 6.45) is 4.83. The van der Waals surface area contributed by atoms with E-state index in [4.69, 9.17) is 4.74 Å². The van der Waals surface area contributed by atoms with E-state index in [2.05, 4.69) is 57.8 Å². The fourth-order valence-corrected chi connectivity index (χ4v) is 6.64. The summed E-state index contributed by atoms with van der Waals surface area (Å²) in [6.45, 7) is 3.79. The number of rotatable bonds is 7. The van der Waals surface area contributed by atoms with Crippen LogP contribution in [0.1, 0.15) is 36.8 Å². The summed E-state index contributed by atoms with van der Waals surface area (Å²) in [5, 5.41) is 6.63. The lowest BCUT2D eigenvalue weighted by molar-refractivity contribution is 0.0965. The van der Waals surface area contributed by atoms with Crippen molar-refractivity contribution in [2.24, 2.45) is 5.92 Å². The molecule has 37 heavy (non-hydrogen) atoms. The number of fused-ring (bicyclic) bond motifs is 3. The molecule has 2 aliphatic rings. The molecular weight excluding hydrogens is 480 g/mol. The zero-order valence-electron chi connectivity index (χ0n) is 21.0. The molecule has 0 radical (unpaired) electrons. The maximum Gasteiger partial charge on any atom is 0.321 e. The van der Waals surface area contributed by atoms with E-state index in [1.807, 2.05) is 42.5 Å². The van der Waals surface area contributed by atoms with Gasteiger partial charge in [-0.05, 0) is 68.4 Å². The van der Waals surface area contributed by atoms with E-state index in [-0.39, 0.29) is 6.03 Å². The first kappa shape index (κ1) is 23.9. The maximum atomic E-state index is 12.7. The van der Waals surface area contributed by atoms with Gasteiger partial charge in [-0.3, -0.25) is 10.2 Å². The van der Waals surface area contributed by atoms with Gasteiger partial charge in [0.1, 0.15) is 11.5 Å². The van der Waals surface area contributed by atoms with Gasteiger partial charge in [0.15, 0.2) is 5.13 Å². The Morgan fingerprint density at radius 1 is 1.00 bits per heavy atom. The quantitative estimate of drug-likeness (QED) is 0.281. The Labute approximate surface area is 221 Å². The Bertz CT molecular complexity index is 1360. The lowest BCUT2D eigenvalue weighted by atomic mass is 9.90. The molecule has 6 nitrogen and oxygen atoms in total. The van der Waals surface area contributed by atoms with Crippen molar-refractivity contribution in [2.75, 3.05) is 11.9 Å². The second-order valence-electron chi connectivity index (χ2n) is 10.3. The van der Waals surface area contributed by atoms with Crippen LogP contribution in [0.4, 0.5) is 9.93 Å². The van der Waals surface area contributed by atoms with Crippen LogP contribution >= 0.6 is 11.3 Å². The predicted octanol–water partition coefficient (Wildman–Crippen LogP) is 6.96. The third kappa shape index (κ3) is 5.63. The van der Waals surface area contributed by atoms with Crippen molar-refractivity contribution < 1.29 is 9.53 Å². The molecule has 190 valence electrons. The number of carbonyl (C=O) groups is 1. The Morgan fingerprint density at radius 3 is 2.49 bits per heavy atom. The Balaban J connectivity index is 1.01. The maximum absolute atomic E-state index is 12.7. The number of piperidine rings is 1. The molecular formula is C30H32N4O2S. The third-order valence-corrected chi connectivity index (χ3v) is 8.51. The average Bonchev–Trinajstić information content (AvgIpc) is 3.39. The van der Waals surface area contributed by atoms with E-state index >= 15 is 0 Å². The highest BCUT2D eigenvalue weighted by atomic mass is 32.1. The molecule has 2 fully saturated rings. The van der Waals surface area contributed by atoms with Crippen molar-refractivity contribution >= 4 is 32.7 Å². The molecule has 2 unspecified atom stereocenters. The minimum absolute atomic E-state index is 0.186. The van der Waals surface area contributed by atoms with Crippen molar-refractivity contribution in [1.29, 1.82) is 0 Å². The highest BCUT2D eigenvalue weighted by molar-refractivity contribution is 7.22. The molecule has 4 aromatic rings. The largest absolute Gasteiger partial charge is 0.457 e. The lowest BCUT2D eigenvalue weighted by Gasteiger charge is -2.39. The number of amides is 2. The third-order valence-electron chi connectivity index (χ3n) is 7.58. The van der Waals surface area contributed by atoms with Gasteiger partial charge < -0.3 is 10.1 Å². The minimum atomic E-state index is -0.186. The van der Waals surface area contributed by atoms with Gasteiger partial charge in [-0.15, -0.1) is 0 Å². The molecule has 2 aliphatic heterocycles. The van der Waals surface area contributed by atoms with Gasteiger partial charge in [0.2, 0.25) is 0 Å². The molecule has 0 saturated carbocycles. The van der Waals surface area contributed by atoms with E-state index in [1.165, 1.54) is 35.3 Å². The molecule has 2 atom stereocenters. The monoisotopic (exact) mass is 512 g/mol. The summed E-state index contributed by atoms with van der Waals surface area (Å²) in [4.78, 5) is 19.9. The van der Waals surface area contributed by atoms with Crippen molar-refractivity contribution in [3.8, 4) is 11.5 Å². The SMILES string of the molecule is Cc1ccc(Oc2ccc3nc(NC(=O)NCC4CC5CCC(C4)N5Cc4ccccc4)sc3c2)cc1. The van der Waals surface area contributed by atoms with Gasteiger partial charge in [0.05, 0.1) is 10.2 Å². The summed E-state index contributed by atoms with van der Waals surface area (Å²) in [7, 11) is 0. The normalized spacial score (nSPS) is 21.2. The molecule has 2 amide bonds. The summed E-state index contributed by atoms with van der Waals surface area (Å²) < 4.78 is 6.95. The zero-order valence-corrected chi connectivity index (χ0v) is 21.8. The van der Waals surface area contributed by atoms with E-state index in [0.29, 0.717) is 29.7 Å². The average molecular weight is 513 g/mol. The number of hydrogen-bond acceptors (Lipinski definition) is 5. The van der Waals surface area contributed by atoms with Gasteiger partial charge in [0, 0.05) is 31.2 Å². The van der Waals surface area contributed by atoms with Crippen LogP contribution in [0.2, 0.25) is 0 Å². The van der Waals surface area contributed by atoms with E-state index in [0.717, 1.165) is 41.1 Å². The number of thiazole rings is 1. The van der Waals surface area contributed by atoms with Crippen molar-refractivity contribution in [3.05, 3.63) is 83.9 Å². The number of nitrogens with zero attached hydrogens (tertiary/aromatic N) is 2. The molecule has 7 heteroatoms. The summed E-state index contributed by atoms with van der Waals surface area (Å²) in [6, 6.07) is 25.6. The van der Waals surface area contributed by atoms with Crippen molar-refractivity contribution in [1.82, 2.24) is 15.2 Å². The molecule has 3 aromatic carbocycles. The molecule has 0 spiro atoms. The number of urea groups is 1. The first-order chi connectivity index (χ1) is 18.1. The van der Waals surface area contributed by atoms with E-state index in [1.54, 1.807) is 0 Å². The van der Waals surface area contributed by atoms with E-state index < -0.39 is 0 Å². The lowest BCUT2D eigenvalue weighted by Crippen LogP contribution is -2.45. The number of carbonyl (C=O) groups excluding carboxylic acids is 1. The molecule has 0 aliphatic carbocycles. The molecule has 1 aromatic heterocycles. The van der Waals surface area contributed by atoms with Crippen LogP contribution in [0.3, 0.4) is 0 Å². The number of benzene rings is 3. The second-order valence-corrected chi connectivity index (χ2v) is 11.3. The summed E-state index contributed by atoms with van der Waals surface area (Å²) >= 11 is 1.46. The smallest absolute Gasteiger partial charge is 0.321 e. The Morgan fingerprint density at radius 2 is 1.73 bits per heavy atom. The zero-order chi connectivity index (χ0) is 25.2. The first-order valence-electron chi connectivity index (χ1n) is 13.1. The molecule has 6 rings (SSSR count). The van der Waals surface area contributed by atoms with Gasteiger partial charge in [-0.1, -0.05) is 59.4 Å². The van der Waals surface area contributed by atoms with Crippen molar-refractivity contribution in [2.45, 2.75) is 51.2 Å². The van der Waals surface area contributed by atoms with Crippen LogP contribution < -0.4 is 15.4 Å². The number of hydrogen-bond donors (Lipinski definition) is 2. The van der Waals surface area contributed by atoms with Gasteiger partial charge in [0.25, 0.3) is 0 Å². The Kier molecular flexibility index (Phi) is 6.81. The predicted molar refractivity (Wildman–Crippen MR) is 149 cm³/mol. The topological polar surface area (TPSA) is 66.5 Å². The second kappa shape index (κ2) is 10.5. The number of nitrogens with one attached hydrogen (secondary N) is 2. The van der Waals surface area contributed by atoms with Crippen LogP contribution in [0.5, 0.6) is 11.5 Å². The van der Waals surface area contributed by atoms with Crippen LogP contribution in [-0.2, 0) is 6.54 Å². The van der Waals surface area contributed by atoms with Crippen LogP contribution in [-0.4, -0.2) is 34.5 Å². The van der Waals surface area contributed by atoms with Gasteiger partial charge in [-0.25, -0.2) is 9.78 Å². The summed E-state index contributed by atoms with van der Waals surface area (Å²) in [5.41, 5.74) is 3.43. The number of ether oxygens (including phenoxy) is 1. The van der Waals surface area contributed by atoms with Crippen LogP contribution in [0, 0.1) is 12.8 Å². The fourth-order valence-electron chi connectivity index (χ4n) is 5.75. The number of anilines is 1. The highest BCUT2D eigenvalue weighted by Gasteiger charge is 2.40. The van der Waals surface area contributed by atoms with Gasteiger partial charge in [-0.2, -0.15) is 0 Å². The molecule has 2 bridgehead atoms. The first-order valence-corrected chi connectivity index (χ1v) is 13.9.